The summed E-state index contributed by atoms with van der Waals surface area (Å²) >= 11 is 0. The van der Waals surface area contributed by atoms with Crippen molar-refractivity contribution in [2.24, 2.45) is 5.92 Å². The van der Waals surface area contributed by atoms with E-state index in [-0.39, 0.29) is 17.6 Å². The number of quaternary nitrogens is 1. The molecule has 2 bridgehead atoms. The first-order valence-electron chi connectivity index (χ1n) is 9.72. The lowest BCUT2D eigenvalue weighted by Crippen LogP contribution is -3.04. The van der Waals surface area contributed by atoms with E-state index in [9.17, 15) is 15.0 Å². The van der Waals surface area contributed by atoms with Gasteiger partial charge in [-0.25, -0.2) is 0 Å². The summed E-state index contributed by atoms with van der Waals surface area (Å²) in [6, 6.07) is 3.73. The van der Waals surface area contributed by atoms with Crippen LogP contribution in [0.4, 0.5) is 0 Å². The van der Waals surface area contributed by atoms with E-state index in [2.05, 4.69) is 7.05 Å². The van der Waals surface area contributed by atoms with Crippen molar-refractivity contribution in [1.82, 2.24) is 0 Å². The number of aliphatic hydroxyl groups is 1. The number of ether oxygens (including phenoxy) is 1. The van der Waals surface area contributed by atoms with Crippen molar-refractivity contribution in [3.8, 4) is 11.5 Å². The molecule has 0 amide bonds. The van der Waals surface area contributed by atoms with Gasteiger partial charge in [0.05, 0.1) is 19.0 Å². The summed E-state index contributed by atoms with van der Waals surface area (Å²) < 4.78 is 6.88. The van der Waals surface area contributed by atoms with Crippen molar-refractivity contribution in [2.75, 3.05) is 13.6 Å². The molecule has 2 aliphatic heterocycles. The van der Waals surface area contributed by atoms with Crippen molar-refractivity contribution in [3.63, 3.8) is 0 Å². The van der Waals surface area contributed by atoms with Crippen LogP contribution in [0, 0.1) is 5.92 Å². The van der Waals surface area contributed by atoms with E-state index in [4.69, 9.17) is 4.74 Å². The fourth-order valence-corrected chi connectivity index (χ4v) is 7.72. The summed E-state index contributed by atoms with van der Waals surface area (Å²) in [5, 5.41) is 22.5. The largest absolute Gasteiger partial charge is 0.504 e. The highest BCUT2D eigenvalue weighted by molar-refractivity contribution is 5.99. The summed E-state index contributed by atoms with van der Waals surface area (Å²) in [6.45, 7) is 1.08. The molecular weight excluding hydrogens is 330 g/mol. The van der Waals surface area contributed by atoms with Gasteiger partial charge in [0.25, 0.3) is 0 Å². The van der Waals surface area contributed by atoms with Crippen LogP contribution < -0.4 is 4.74 Å². The van der Waals surface area contributed by atoms with Crippen LogP contribution in [0.2, 0.25) is 0 Å². The Balaban J connectivity index is 1.54. The van der Waals surface area contributed by atoms with Crippen LogP contribution in [-0.2, 0) is 16.6 Å². The van der Waals surface area contributed by atoms with Gasteiger partial charge in [-0.05, 0) is 36.6 Å². The van der Waals surface area contributed by atoms with Gasteiger partial charge in [0, 0.05) is 24.3 Å². The summed E-state index contributed by atoms with van der Waals surface area (Å²) in [7, 11) is 2.28. The predicted molar refractivity (Wildman–Crippen MR) is 91.9 cm³/mol. The Hall–Kier alpha value is -1.85. The molecular formula is C21H22NO4+. The third-order valence-electron chi connectivity index (χ3n) is 8.85. The number of hydrogen-bond donors (Lipinski definition) is 2. The molecule has 4 aliphatic carbocycles. The van der Waals surface area contributed by atoms with Gasteiger partial charge < -0.3 is 19.4 Å². The van der Waals surface area contributed by atoms with Crippen LogP contribution in [0.3, 0.4) is 0 Å². The number of ketones is 1. The van der Waals surface area contributed by atoms with Crippen molar-refractivity contribution >= 4 is 5.78 Å². The maximum absolute atomic E-state index is 12.9. The Kier molecular flexibility index (Phi) is 1.97. The molecule has 2 saturated carbocycles. The molecule has 6 atom stereocenters. The van der Waals surface area contributed by atoms with E-state index in [1.54, 1.807) is 12.1 Å². The maximum atomic E-state index is 12.9. The first-order valence-corrected chi connectivity index (χ1v) is 9.72. The third-order valence-corrected chi connectivity index (χ3v) is 8.85. The molecule has 3 fully saturated rings. The van der Waals surface area contributed by atoms with Crippen LogP contribution in [-0.4, -0.2) is 57.4 Å². The lowest BCUT2D eigenvalue weighted by Gasteiger charge is -2.84. The smallest absolute Gasteiger partial charge is 0.197 e. The quantitative estimate of drug-likeness (QED) is 0.785. The number of carbonyl (C=O) groups is 1. The maximum Gasteiger partial charge on any atom is 0.197 e. The number of likely N-dealkylation sites (tertiary alicyclic amines) is 1. The molecule has 1 aromatic rings. The molecule has 1 aromatic carbocycles. The molecule has 7 rings (SSSR count). The van der Waals surface area contributed by atoms with Crippen LogP contribution in [0.15, 0.2) is 24.3 Å². The Morgan fingerprint density at radius 2 is 2.15 bits per heavy atom. The minimum atomic E-state index is -0.955. The molecule has 26 heavy (non-hydrogen) atoms. The van der Waals surface area contributed by atoms with Crippen LogP contribution in [0.1, 0.15) is 30.4 Å². The number of piperidine rings is 1. The molecule has 5 nitrogen and oxygen atoms in total. The Labute approximate surface area is 151 Å². The standard InChI is InChI=1S/C21H21NO4/c1-22(9-11-2-3-11)15-8-12-4-5-13(23)17-16(12)20-10-19(22,21(15,20)25)7-6-14(24)18(20)26-17/h4-7,11,15,18,25H,2-3,8-10H2,1H3/p+1. The van der Waals surface area contributed by atoms with Crippen molar-refractivity contribution < 1.29 is 24.2 Å². The molecule has 2 heterocycles. The monoisotopic (exact) mass is 352 g/mol. The molecule has 134 valence electrons. The van der Waals surface area contributed by atoms with E-state index in [1.165, 1.54) is 12.8 Å². The number of rotatable bonds is 2. The van der Waals surface area contributed by atoms with Gasteiger partial charge >= 0.3 is 0 Å². The number of hydrogen-bond acceptors (Lipinski definition) is 4. The van der Waals surface area contributed by atoms with Crippen molar-refractivity contribution in [3.05, 3.63) is 35.4 Å². The fourth-order valence-electron chi connectivity index (χ4n) is 7.72. The summed E-state index contributed by atoms with van der Waals surface area (Å²) in [5.74, 6) is 1.18. The van der Waals surface area contributed by atoms with Gasteiger partial charge in [0.15, 0.2) is 34.5 Å². The van der Waals surface area contributed by atoms with Crippen LogP contribution >= 0.6 is 0 Å². The van der Waals surface area contributed by atoms with Gasteiger partial charge in [-0.1, -0.05) is 6.07 Å². The Bertz CT molecular complexity index is 967. The highest BCUT2D eigenvalue weighted by Crippen LogP contribution is 2.80. The number of phenolic OH excluding ortho intramolecular Hbond substituents is 1. The summed E-state index contributed by atoms with van der Waals surface area (Å²) in [6.07, 6.45) is 7.02. The number of carbonyl (C=O) groups excluding carboxylic acids is 1. The second-order valence-corrected chi connectivity index (χ2v) is 9.63. The second-order valence-electron chi connectivity index (χ2n) is 9.63. The highest BCUT2D eigenvalue weighted by atomic mass is 16.5. The highest BCUT2D eigenvalue weighted by Gasteiger charge is 2.98. The topological polar surface area (TPSA) is 66.8 Å². The zero-order chi connectivity index (χ0) is 17.7. The number of likely N-dealkylation sites (N-methyl/N-ethyl adjacent to an activating group) is 1. The Morgan fingerprint density at radius 3 is 2.92 bits per heavy atom. The van der Waals surface area contributed by atoms with E-state index in [1.807, 2.05) is 12.1 Å². The van der Waals surface area contributed by atoms with E-state index in [0.29, 0.717) is 5.75 Å². The average molecular weight is 352 g/mol. The van der Waals surface area contributed by atoms with Gasteiger partial charge in [0.1, 0.15) is 6.04 Å². The predicted octanol–water partition coefficient (Wildman–Crippen LogP) is 1.20. The molecule has 6 aliphatic rings. The molecule has 2 spiro atoms. The second kappa shape index (κ2) is 3.60. The zero-order valence-electron chi connectivity index (χ0n) is 14.7. The molecule has 6 unspecified atom stereocenters. The normalized spacial score (nSPS) is 51.1. The lowest BCUT2D eigenvalue weighted by atomic mass is 9.32. The van der Waals surface area contributed by atoms with Crippen molar-refractivity contribution in [1.29, 1.82) is 0 Å². The minimum Gasteiger partial charge on any atom is -0.504 e. The average Bonchev–Trinajstić information content (AvgIpc) is 3.36. The molecule has 0 radical (unpaired) electrons. The van der Waals surface area contributed by atoms with Gasteiger partial charge in [0.2, 0.25) is 0 Å². The van der Waals surface area contributed by atoms with Crippen LogP contribution in [0.25, 0.3) is 0 Å². The summed E-state index contributed by atoms with van der Waals surface area (Å²) in [4.78, 5) is 12.9. The molecule has 5 heteroatoms. The van der Waals surface area contributed by atoms with Gasteiger partial charge in [-0.15, -0.1) is 0 Å². The van der Waals surface area contributed by atoms with Gasteiger partial charge in [-0.3, -0.25) is 4.79 Å². The number of aromatic hydroxyl groups is 1. The molecule has 0 aromatic heterocycles. The molecule has 2 N–H and O–H groups in total. The SMILES string of the molecule is C[N+]1(CC2CC2)C2Cc3ccc(O)c4c3C35CC1(C=CC(=O)C3O4)C25O. The first kappa shape index (κ1) is 14.2. The third kappa shape index (κ3) is 1.03. The lowest BCUT2D eigenvalue weighted by molar-refractivity contribution is -1.06. The van der Waals surface area contributed by atoms with Gasteiger partial charge in [-0.2, -0.15) is 0 Å². The minimum absolute atomic E-state index is 0.0788. The van der Waals surface area contributed by atoms with E-state index >= 15 is 0 Å². The zero-order valence-corrected chi connectivity index (χ0v) is 14.7. The summed E-state index contributed by atoms with van der Waals surface area (Å²) in [5.41, 5.74) is 0.00736. The number of nitrogens with zero attached hydrogens (tertiary/aromatic N) is 1. The van der Waals surface area contributed by atoms with E-state index < -0.39 is 22.7 Å². The van der Waals surface area contributed by atoms with Crippen LogP contribution in [0.5, 0.6) is 11.5 Å². The number of benzene rings is 1. The Morgan fingerprint density at radius 1 is 1.35 bits per heavy atom. The van der Waals surface area contributed by atoms with Crippen molar-refractivity contribution in [2.45, 2.75) is 54.4 Å². The van der Waals surface area contributed by atoms with E-state index in [0.717, 1.165) is 40.9 Å². The molecule has 1 saturated heterocycles. The fraction of sp³-hybridized carbons (Fsp3) is 0.571. The first-order chi connectivity index (χ1) is 12.4. The number of phenols is 1.